The lowest BCUT2D eigenvalue weighted by Crippen LogP contribution is -2.01. The third-order valence-electron chi connectivity index (χ3n) is 3.06. The number of hydrogen-bond donors (Lipinski definition) is 1. The number of pyridine rings is 1. The summed E-state index contributed by atoms with van der Waals surface area (Å²) in [6.07, 6.45) is 14.6. The van der Waals surface area contributed by atoms with Crippen LogP contribution in [0.3, 0.4) is 0 Å². The van der Waals surface area contributed by atoms with Crippen LogP contribution < -0.4 is 5.32 Å². The second-order valence-corrected chi connectivity index (χ2v) is 5.71. The highest BCUT2D eigenvalue weighted by Crippen LogP contribution is 2.14. The Labute approximate surface area is 120 Å². The Kier molecular flexibility index (Phi) is 8.92. The van der Waals surface area contributed by atoms with E-state index in [4.69, 9.17) is 0 Å². The smallest absolute Gasteiger partial charge is 0.0538 e. The molecule has 0 amide bonds. The highest BCUT2D eigenvalue weighted by atomic mass is 79.9. The fourth-order valence-electron chi connectivity index (χ4n) is 2.00. The molecule has 0 atom stereocenters. The monoisotopic (exact) mass is 312 g/mol. The predicted octanol–water partition coefficient (Wildman–Crippen LogP) is 5.40. The first kappa shape index (κ1) is 15.5. The maximum Gasteiger partial charge on any atom is 0.0538 e. The van der Waals surface area contributed by atoms with Crippen LogP contribution in [-0.2, 0) is 0 Å². The molecule has 1 aromatic rings. The van der Waals surface area contributed by atoms with E-state index in [1.54, 1.807) is 0 Å². The molecular formula is C15H25BrN2. The second-order valence-electron chi connectivity index (χ2n) is 4.79. The summed E-state index contributed by atoms with van der Waals surface area (Å²) in [4.78, 5) is 4.13. The third kappa shape index (κ3) is 7.70. The lowest BCUT2D eigenvalue weighted by molar-refractivity contribution is 0.581. The minimum atomic E-state index is 1.03. The maximum absolute atomic E-state index is 4.13. The molecule has 0 saturated heterocycles. The van der Waals surface area contributed by atoms with Crippen LogP contribution in [0, 0.1) is 0 Å². The largest absolute Gasteiger partial charge is 0.384 e. The molecule has 0 unspecified atom stereocenters. The summed E-state index contributed by atoms with van der Waals surface area (Å²) in [5.41, 5.74) is 1.10. The quantitative estimate of drug-likeness (QED) is 0.585. The average molecular weight is 313 g/mol. The first-order valence-corrected chi connectivity index (χ1v) is 7.96. The van der Waals surface area contributed by atoms with Crippen LogP contribution in [0.15, 0.2) is 22.9 Å². The van der Waals surface area contributed by atoms with Gasteiger partial charge in [-0.15, -0.1) is 0 Å². The van der Waals surface area contributed by atoms with Gasteiger partial charge in [0.25, 0.3) is 0 Å². The summed E-state index contributed by atoms with van der Waals surface area (Å²) in [6.45, 7) is 3.32. The zero-order valence-corrected chi connectivity index (χ0v) is 13.0. The van der Waals surface area contributed by atoms with E-state index in [0.29, 0.717) is 0 Å². The minimum Gasteiger partial charge on any atom is -0.384 e. The van der Waals surface area contributed by atoms with Gasteiger partial charge in [-0.2, -0.15) is 0 Å². The number of hydrogen-bond acceptors (Lipinski definition) is 2. The van der Waals surface area contributed by atoms with E-state index in [-0.39, 0.29) is 0 Å². The molecule has 0 radical (unpaired) electrons. The Bertz CT molecular complexity index is 315. The molecule has 18 heavy (non-hydrogen) atoms. The molecule has 0 aromatic carbocycles. The molecule has 102 valence electrons. The number of aromatic nitrogens is 1. The summed E-state index contributed by atoms with van der Waals surface area (Å²) in [5.74, 6) is 0. The number of nitrogens with zero attached hydrogens (tertiary/aromatic N) is 1. The Hall–Kier alpha value is -0.570. The number of halogens is 1. The number of anilines is 1. The van der Waals surface area contributed by atoms with Gasteiger partial charge in [0.05, 0.1) is 11.9 Å². The molecule has 0 fully saturated rings. The predicted molar refractivity (Wildman–Crippen MR) is 83.0 cm³/mol. The molecule has 0 aliphatic carbocycles. The standard InChI is InChI=1S/C15H25BrN2/c1-2-3-4-5-6-7-8-9-10-18-15-11-14(16)12-17-13-15/h11-13,18H,2-10H2,1H3. The zero-order valence-electron chi connectivity index (χ0n) is 11.4. The number of unbranched alkanes of at least 4 members (excludes halogenated alkanes) is 7. The van der Waals surface area contributed by atoms with Gasteiger partial charge in [0.2, 0.25) is 0 Å². The van der Waals surface area contributed by atoms with Crippen molar-refractivity contribution in [1.29, 1.82) is 0 Å². The van der Waals surface area contributed by atoms with E-state index in [2.05, 4.69) is 39.2 Å². The van der Waals surface area contributed by atoms with Gasteiger partial charge in [-0.25, -0.2) is 0 Å². The number of nitrogens with one attached hydrogen (secondary N) is 1. The van der Waals surface area contributed by atoms with Crippen LogP contribution in [0.4, 0.5) is 5.69 Å². The molecule has 1 aromatic heterocycles. The molecule has 2 nitrogen and oxygen atoms in total. The van der Waals surface area contributed by atoms with E-state index in [1.165, 1.54) is 51.4 Å². The van der Waals surface area contributed by atoms with Crippen molar-refractivity contribution < 1.29 is 0 Å². The summed E-state index contributed by atoms with van der Waals surface area (Å²) in [6, 6.07) is 2.07. The Morgan fingerprint density at radius 3 is 2.33 bits per heavy atom. The van der Waals surface area contributed by atoms with E-state index >= 15 is 0 Å². The summed E-state index contributed by atoms with van der Waals surface area (Å²) >= 11 is 3.42. The van der Waals surface area contributed by atoms with E-state index < -0.39 is 0 Å². The van der Waals surface area contributed by atoms with Crippen LogP contribution in [0.2, 0.25) is 0 Å². The van der Waals surface area contributed by atoms with Crippen LogP contribution >= 0.6 is 15.9 Å². The van der Waals surface area contributed by atoms with E-state index in [9.17, 15) is 0 Å². The summed E-state index contributed by atoms with van der Waals surface area (Å²) in [5, 5.41) is 3.40. The van der Waals surface area contributed by atoms with Crippen molar-refractivity contribution in [2.75, 3.05) is 11.9 Å². The molecule has 1 heterocycles. The normalized spacial score (nSPS) is 10.6. The van der Waals surface area contributed by atoms with Crippen molar-refractivity contribution in [3.63, 3.8) is 0 Å². The van der Waals surface area contributed by atoms with Gasteiger partial charge < -0.3 is 5.32 Å². The third-order valence-corrected chi connectivity index (χ3v) is 3.50. The van der Waals surface area contributed by atoms with Crippen molar-refractivity contribution in [1.82, 2.24) is 4.98 Å². The van der Waals surface area contributed by atoms with Gasteiger partial charge in [-0.3, -0.25) is 4.98 Å². The van der Waals surface area contributed by atoms with Gasteiger partial charge in [0.15, 0.2) is 0 Å². The topological polar surface area (TPSA) is 24.9 Å². The molecule has 3 heteroatoms. The van der Waals surface area contributed by atoms with Gasteiger partial charge in [0, 0.05) is 17.2 Å². The van der Waals surface area contributed by atoms with Gasteiger partial charge in [-0.05, 0) is 28.4 Å². The SMILES string of the molecule is CCCCCCCCCCNc1cncc(Br)c1. The second kappa shape index (κ2) is 10.4. The molecule has 1 rings (SSSR count). The highest BCUT2D eigenvalue weighted by Gasteiger charge is 1.94. The molecule has 0 aliphatic rings. The number of rotatable bonds is 10. The van der Waals surface area contributed by atoms with Gasteiger partial charge in [0.1, 0.15) is 0 Å². The first-order chi connectivity index (χ1) is 8.83. The molecule has 0 aliphatic heterocycles. The van der Waals surface area contributed by atoms with Crippen LogP contribution in [-0.4, -0.2) is 11.5 Å². The van der Waals surface area contributed by atoms with Gasteiger partial charge >= 0.3 is 0 Å². The summed E-state index contributed by atoms with van der Waals surface area (Å²) < 4.78 is 1.03. The van der Waals surface area contributed by atoms with Crippen molar-refractivity contribution in [3.05, 3.63) is 22.9 Å². The molecule has 0 saturated carbocycles. The maximum atomic E-state index is 4.13. The van der Waals surface area contributed by atoms with E-state index in [0.717, 1.165) is 16.7 Å². The van der Waals surface area contributed by atoms with E-state index in [1.807, 2.05) is 12.4 Å². The lowest BCUT2D eigenvalue weighted by Gasteiger charge is -2.06. The Morgan fingerprint density at radius 1 is 1.00 bits per heavy atom. The average Bonchev–Trinajstić information content (AvgIpc) is 2.37. The Morgan fingerprint density at radius 2 is 1.67 bits per heavy atom. The molecule has 1 N–H and O–H groups in total. The van der Waals surface area contributed by atoms with Crippen molar-refractivity contribution >= 4 is 21.6 Å². The molecular weight excluding hydrogens is 288 g/mol. The zero-order chi connectivity index (χ0) is 13.1. The van der Waals surface area contributed by atoms with Crippen LogP contribution in [0.5, 0.6) is 0 Å². The van der Waals surface area contributed by atoms with Crippen molar-refractivity contribution in [2.24, 2.45) is 0 Å². The molecule has 0 bridgehead atoms. The Balaban J connectivity index is 1.92. The fourth-order valence-corrected chi connectivity index (χ4v) is 2.36. The van der Waals surface area contributed by atoms with Crippen LogP contribution in [0.25, 0.3) is 0 Å². The lowest BCUT2D eigenvalue weighted by atomic mass is 10.1. The van der Waals surface area contributed by atoms with Crippen LogP contribution in [0.1, 0.15) is 58.3 Å². The van der Waals surface area contributed by atoms with Gasteiger partial charge in [-0.1, -0.05) is 51.9 Å². The highest BCUT2D eigenvalue weighted by molar-refractivity contribution is 9.10. The summed E-state index contributed by atoms with van der Waals surface area (Å²) in [7, 11) is 0. The first-order valence-electron chi connectivity index (χ1n) is 7.17. The van der Waals surface area contributed by atoms with Crippen molar-refractivity contribution in [2.45, 2.75) is 58.3 Å². The van der Waals surface area contributed by atoms with Crippen molar-refractivity contribution in [3.8, 4) is 0 Å². The fraction of sp³-hybridized carbons (Fsp3) is 0.667. The minimum absolute atomic E-state index is 1.03. The molecule has 0 spiro atoms.